The maximum Gasteiger partial charge on any atom is 0.265 e. The number of aryl methyl sites for hydroxylation is 2. The van der Waals surface area contributed by atoms with Crippen LogP contribution in [0.4, 0.5) is 5.69 Å². The van der Waals surface area contributed by atoms with Crippen molar-refractivity contribution in [1.82, 2.24) is 0 Å². The van der Waals surface area contributed by atoms with Gasteiger partial charge in [0.15, 0.2) is 5.78 Å². The number of carbonyl (C=O) groups is 2. The van der Waals surface area contributed by atoms with Crippen LogP contribution in [0.15, 0.2) is 30.3 Å². The predicted octanol–water partition coefficient (Wildman–Crippen LogP) is 4.07. The zero-order valence-electron chi connectivity index (χ0n) is 11.8. The van der Waals surface area contributed by atoms with Gasteiger partial charge in [0, 0.05) is 10.4 Å². The molecule has 104 valence electrons. The molecule has 20 heavy (non-hydrogen) atoms. The molecule has 1 aromatic carbocycles. The number of hydrogen-bond acceptors (Lipinski definition) is 3. The van der Waals surface area contributed by atoms with Crippen molar-refractivity contribution in [2.24, 2.45) is 0 Å². The average Bonchev–Trinajstić information content (AvgIpc) is 2.80. The van der Waals surface area contributed by atoms with Gasteiger partial charge >= 0.3 is 0 Å². The first-order valence-corrected chi connectivity index (χ1v) is 7.35. The predicted molar refractivity (Wildman–Crippen MR) is 82.8 cm³/mol. The molecule has 2 rings (SSSR count). The number of ketones is 1. The molecule has 2 aromatic rings. The van der Waals surface area contributed by atoms with Gasteiger partial charge < -0.3 is 5.32 Å². The zero-order valence-corrected chi connectivity index (χ0v) is 12.6. The van der Waals surface area contributed by atoms with E-state index in [4.69, 9.17) is 0 Å². The Morgan fingerprint density at radius 2 is 1.95 bits per heavy atom. The van der Waals surface area contributed by atoms with Crippen LogP contribution in [0.25, 0.3) is 0 Å². The lowest BCUT2D eigenvalue weighted by molar-refractivity contribution is 0.101. The highest BCUT2D eigenvalue weighted by atomic mass is 32.1. The van der Waals surface area contributed by atoms with Gasteiger partial charge in [0.2, 0.25) is 0 Å². The fraction of sp³-hybridized carbons (Fsp3) is 0.250. The first-order chi connectivity index (χ1) is 9.52. The van der Waals surface area contributed by atoms with Gasteiger partial charge in [0.1, 0.15) is 0 Å². The van der Waals surface area contributed by atoms with Crippen molar-refractivity contribution in [1.29, 1.82) is 0 Å². The number of hydrogen-bond donors (Lipinski definition) is 1. The molecule has 0 unspecified atom stereocenters. The summed E-state index contributed by atoms with van der Waals surface area (Å²) < 4.78 is 0. The van der Waals surface area contributed by atoms with E-state index in [2.05, 4.69) is 12.2 Å². The summed E-state index contributed by atoms with van der Waals surface area (Å²) in [5.74, 6) is -0.219. The van der Waals surface area contributed by atoms with E-state index in [0.717, 1.165) is 11.3 Å². The number of amides is 1. The highest BCUT2D eigenvalue weighted by Gasteiger charge is 2.14. The van der Waals surface area contributed by atoms with Crippen molar-refractivity contribution < 1.29 is 9.59 Å². The monoisotopic (exact) mass is 287 g/mol. The van der Waals surface area contributed by atoms with Crippen LogP contribution in [-0.2, 0) is 6.42 Å². The minimum atomic E-state index is -0.161. The highest BCUT2D eigenvalue weighted by molar-refractivity contribution is 7.14. The molecule has 0 bridgehead atoms. The van der Waals surface area contributed by atoms with Crippen LogP contribution in [0.5, 0.6) is 0 Å². The Morgan fingerprint density at radius 3 is 2.55 bits per heavy atom. The van der Waals surface area contributed by atoms with Crippen molar-refractivity contribution in [3.63, 3.8) is 0 Å². The van der Waals surface area contributed by atoms with E-state index in [0.29, 0.717) is 16.1 Å². The van der Waals surface area contributed by atoms with E-state index < -0.39 is 0 Å². The molecule has 0 aliphatic heterocycles. The summed E-state index contributed by atoms with van der Waals surface area (Å²) in [4.78, 5) is 25.6. The topological polar surface area (TPSA) is 46.2 Å². The number of benzene rings is 1. The number of rotatable bonds is 4. The Bertz CT molecular complexity index is 658. The molecule has 0 saturated carbocycles. The van der Waals surface area contributed by atoms with Crippen molar-refractivity contribution in [2.75, 3.05) is 5.32 Å². The van der Waals surface area contributed by atoms with E-state index in [1.165, 1.54) is 23.8 Å². The Labute approximate surface area is 122 Å². The number of Topliss-reactive ketones (excluding diaryl/α,β-unsaturated/α-hetero) is 1. The highest BCUT2D eigenvalue weighted by Crippen LogP contribution is 2.24. The lowest BCUT2D eigenvalue weighted by Gasteiger charge is -2.07. The van der Waals surface area contributed by atoms with Crippen molar-refractivity contribution in [2.45, 2.75) is 27.2 Å². The Hall–Kier alpha value is -1.94. The standard InChI is InChI=1S/C16H17NO2S/c1-4-12-9-15(20-11(12)3)16(19)17-14-8-6-5-7-13(14)10(2)18/h5-9H,4H2,1-3H3,(H,17,19). The lowest BCUT2D eigenvalue weighted by Crippen LogP contribution is -2.12. The number of thiophene rings is 1. The van der Waals surface area contributed by atoms with Gasteiger partial charge in [-0.1, -0.05) is 19.1 Å². The molecule has 0 spiro atoms. The minimum absolute atomic E-state index is 0.0579. The molecular formula is C16H17NO2S. The molecule has 0 aliphatic carbocycles. The molecule has 1 amide bonds. The van der Waals surface area contributed by atoms with Crippen LogP contribution < -0.4 is 5.32 Å². The molecular weight excluding hydrogens is 270 g/mol. The molecule has 1 N–H and O–H groups in total. The first kappa shape index (κ1) is 14.5. The SMILES string of the molecule is CCc1cc(C(=O)Nc2ccccc2C(C)=O)sc1C. The third-order valence-electron chi connectivity index (χ3n) is 3.18. The second kappa shape index (κ2) is 6.01. The summed E-state index contributed by atoms with van der Waals surface area (Å²) in [6.07, 6.45) is 0.916. The van der Waals surface area contributed by atoms with Gasteiger partial charge in [-0.05, 0) is 44.0 Å². The largest absolute Gasteiger partial charge is 0.321 e. The van der Waals surface area contributed by atoms with Crippen molar-refractivity contribution in [3.05, 3.63) is 51.2 Å². The van der Waals surface area contributed by atoms with Crippen LogP contribution in [0.2, 0.25) is 0 Å². The maximum atomic E-state index is 12.3. The molecule has 0 radical (unpaired) electrons. The summed E-state index contributed by atoms with van der Waals surface area (Å²) in [6.45, 7) is 5.58. The Morgan fingerprint density at radius 1 is 1.25 bits per heavy atom. The number of nitrogens with one attached hydrogen (secondary N) is 1. The maximum absolute atomic E-state index is 12.3. The van der Waals surface area contributed by atoms with Crippen molar-refractivity contribution >= 4 is 28.7 Å². The molecule has 1 aromatic heterocycles. The van der Waals surface area contributed by atoms with Gasteiger partial charge in [-0.2, -0.15) is 0 Å². The van der Waals surface area contributed by atoms with E-state index in [1.807, 2.05) is 13.0 Å². The second-order valence-electron chi connectivity index (χ2n) is 4.60. The third kappa shape index (κ3) is 2.96. The van der Waals surface area contributed by atoms with E-state index in [-0.39, 0.29) is 11.7 Å². The smallest absolute Gasteiger partial charge is 0.265 e. The van der Waals surface area contributed by atoms with Gasteiger partial charge in [0.25, 0.3) is 5.91 Å². The van der Waals surface area contributed by atoms with Gasteiger partial charge in [0.05, 0.1) is 10.6 Å². The fourth-order valence-electron chi connectivity index (χ4n) is 2.07. The Balaban J connectivity index is 2.25. The van der Waals surface area contributed by atoms with E-state index in [9.17, 15) is 9.59 Å². The minimum Gasteiger partial charge on any atom is -0.321 e. The Kier molecular flexibility index (Phi) is 4.35. The molecule has 3 nitrogen and oxygen atoms in total. The first-order valence-electron chi connectivity index (χ1n) is 6.53. The second-order valence-corrected chi connectivity index (χ2v) is 5.86. The molecule has 0 saturated heterocycles. The molecule has 0 aliphatic rings. The van der Waals surface area contributed by atoms with Crippen LogP contribution in [0.3, 0.4) is 0 Å². The summed E-state index contributed by atoms with van der Waals surface area (Å²) in [5.41, 5.74) is 2.29. The summed E-state index contributed by atoms with van der Waals surface area (Å²) in [5, 5.41) is 2.82. The summed E-state index contributed by atoms with van der Waals surface area (Å²) >= 11 is 1.48. The lowest BCUT2D eigenvalue weighted by atomic mass is 10.1. The fourth-order valence-corrected chi connectivity index (χ4v) is 3.07. The van der Waals surface area contributed by atoms with Crippen LogP contribution in [0.1, 0.15) is 44.3 Å². The normalized spacial score (nSPS) is 10.3. The molecule has 4 heteroatoms. The van der Waals surface area contributed by atoms with E-state index >= 15 is 0 Å². The van der Waals surface area contributed by atoms with Gasteiger partial charge in [-0.25, -0.2) is 0 Å². The van der Waals surface area contributed by atoms with E-state index in [1.54, 1.807) is 24.3 Å². The summed E-state index contributed by atoms with van der Waals surface area (Å²) in [7, 11) is 0. The summed E-state index contributed by atoms with van der Waals surface area (Å²) in [6, 6.07) is 8.98. The number of para-hydroxylation sites is 1. The molecule has 1 heterocycles. The quantitative estimate of drug-likeness (QED) is 0.861. The van der Waals surface area contributed by atoms with Crippen LogP contribution >= 0.6 is 11.3 Å². The average molecular weight is 287 g/mol. The zero-order chi connectivity index (χ0) is 14.7. The van der Waals surface area contributed by atoms with Crippen LogP contribution in [0, 0.1) is 6.92 Å². The van der Waals surface area contributed by atoms with Crippen molar-refractivity contribution in [3.8, 4) is 0 Å². The number of anilines is 1. The molecule has 0 fully saturated rings. The van der Waals surface area contributed by atoms with Gasteiger partial charge in [-0.3, -0.25) is 9.59 Å². The van der Waals surface area contributed by atoms with Gasteiger partial charge in [-0.15, -0.1) is 11.3 Å². The third-order valence-corrected chi connectivity index (χ3v) is 4.27. The molecule has 0 atom stereocenters. The number of carbonyl (C=O) groups excluding carboxylic acids is 2. The van der Waals surface area contributed by atoms with Crippen LogP contribution in [-0.4, -0.2) is 11.7 Å².